The van der Waals surface area contributed by atoms with Gasteiger partial charge in [0, 0.05) is 26.6 Å². The highest BCUT2D eigenvalue weighted by Gasteiger charge is 2.29. The summed E-state index contributed by atoms with van der Waals surface area (Å²) >= 11 is 0. The zero-order valence-electron chi connectivity index (χ0n) is 13.2. The van der Waals surface area contributed by atoms with E-state index in [1.165, 1.54) is 12.1 Å². The van der Waals surface area contributed by atoms with Gasteiger partial charge in [0.15, 0.2) is 5.82 Å². The minimum atomic E-state index is -0.257. The van der Waals surface area contributed by atoms with Crippen LogP contribution in [-0.2, 0) is 11.2 Å². The Kier molecular flexibility index (Phi) is 4.38. The predicted octanol–water partition coefficient (Wildman–Crippen LogP) is 1.57. The maximum Gasteiger partial charge on any atom is 0.230 e. The van der Waals surface area contributed by atoms with Gasteiger partial charge in [-0.1, -0.05) is 17.3 Å². The number of carbonyl (C=O) groups is 1. The predicted molar refractivity (Wildman–Crippen MR) is 81.1 cm³/mol. The number of piperazine rings is 1. The van der Waals surface area contributed by atoms with Gasteiger partial charge in [-0.2, -0.15) is 4.98 Å². The quantitative estimate of drug-likeness (QED) is 0.860. The first-order valence-electron chi connectivity index (χ1n) is 7.55. The lowest BCUT2D eigenvalue weighted by Gasteiger charge is -2.39. The lowest BCUT2D eigenvalue weighted by Crippen LogP contribution is -2.49. The van der Waals surface area contributed by atoms with E-state index in [0.29, 0.717) is 24.8 Å². The zero-order valence-corrected chi connectivity index (χ0v) is 13.2. The summed E-state index contributed by atoms with van der Waals surface area (Å²) < 4.78 is 18.0. The van der Waals surface area contributed by atoms with E-state index in [2.05, 4.69) is 15.0 Å². The minimum Gasteiger partial charge on any atom is -0.340 e. The van der Waals surface area contributed by atoms with Crippen LogP contribution in [0.25, 0.3) is 0 Å². The largest absolute Gasteiger partial charge is 0.340 e. The number of hydrogen-bond acceptors (Lipinski definition) is 5. The van der Waals surface area contributed by atoms with E-state index >= 15 is 0 Å². The van der Waals surface area contributed by atoms with Crippen LogP contribution in [-0.4, -0.2) is 52.5 Å². The molecule has 1 aromatic heterocycles. The molecule has 2 aromatic rings. The number of amides is 1. The second-order valence-corrected chi connectivity index (χ2v) is 5.79. The van der Waals surface area contributed by atoms with E-state index < -0.39 is 0 Å². The maximum atomic E-state index is 13.1. The van der Waals surface area contributed by atoms with Gasteiger partial charge in [0.1, 0.15) is 5.82 Å². The number of aromatic nitrogens is 2. The lowest BCUT2D eigenvalue weighted by atomic mass is 10.0. The molecule has 3 rings (SSSR count). The first-order chi connectivity index (χ1) is 11.0. The number of halogens is 1. The maximum absolute atomic E-state index is 13.1. The van der Waals surface area contributed by atoms with Crippen LogP contribution in [0.3, 0.4) is 0 Å². The summed E-state index contributed by atoms with van der Waals surface area (Å²) in [4.78, 5) is 20.5. The number of benzene rings is 1. The summed E-state index contributed by atoms with van der Waals surface area (Å²) in [5.41, 5.74) is 1.00. The van der Waals surface area contributed by atoms with Crippen LogP contribution in [0.15, 0.2) is 28.8 Å². The smallest absolute Gasteiger partial charge is 0.230 e. The Labute approximate surface area is 133 Å². The van der Waals surface area contributed by atoms with Crippen molar-refractivity contribution in [3.05, 3.63) is 47.4 Å². The van der Waals surface area contributed by atoms with E-state index in [1.807, 2.05) is 7.05 Å². The Bertz CT molecular complexity index is 686. The van der Waals surface area contributed by atoms with Crippen molar-refractivity contribution in [1.82, 2.24) is 19.9 Å². The Morgan fingerprint density at radius 2 is 2.09 bits per heavy atom. The van der Waals surface area contributed by atoms with Crippen LogP contribution >= 0.6 is 0 Å². The second-order valence-electron chi connectivity index (χ2n) is 5.79. The van der Waals surface area contributed by atoms with Gasteiger partial charge in [0.25, 0.3) is 0 Å². The molecular formula is C16H19FN4O2. The van der Waals surface area contributed by atoms with Crippen LogP contribution in [0.1, 0.15) is 23.3 Å². The molecule has 1 aliphatic heterocycles. The molecule has 1 aromatic carbocycles. The summed E-state index contributed by atoms with van der Waals surface area (Å²) in [5, 5.41) is 3.77. The molecule has 23 heavy (non-hydrogen) atoms. The van der Waals surface area contributed by atoms with Gasteiger partial charge in [-0.3, -0.25) is 9.69 Å². The van der Waals surface area contributed by atoms with Crippen molar-refractivity contribution >= 4 is 5.91 Å². The van der Waals surface area contributed by atoms with Crippen molar-refractivity contribution in [3.63, 3.8) is 0 Å². The van der Waals surface area contributed by atoms with Gasteiger partial charge in [0.2, 0.25) is 11.8 Å². The highest BCUT2D eigenvalue weighted by molar-refractivity contribution is 5.78. The van der Waals surface area contributed by atoms with Crippen molar-refractivity contribution in [2.45, 2.75) is 19.4 Å². The number of hydrogen-bond donors (Lipinski definition) is 0. The minimum absolute atomic E-state index is 0.0222. The molecule has 0 spiro atoms. The molecule has 0 radical (unpaired) electrons. The van der Waals surface area contributed by atoms with Crippen molar-refractivity contribution in [3.8, 4) is 0 Å². The van der Waals surface area contributed by atoms with Gasteiger partial charge < -0.3 is 9.42 Å². The van der Waals surface area contributed by atoms with Gasteiger partial charge in [0.05, 0.1) is 12.5 Å². The average Bonchev–Trinajstić information content (AvgIpc) is 2.94. The fourth-order valence-electron chi connectivity index (χ4n) is 2.81. The Morgan fingerprint density at radius 1 is 1.35 bits per heavy atom. The number of aryl methyl sites for hydroxylation is 1. The molecule has 7 heteroatoms. The van der Waals surface area contributed by atoms with Gasteiger partial charge >= 0.3 is 0 Å². The topological polar surface area (TPSA) is 62.5 Å². The Hall–Kier alpha value is -2.28. The molecule has 122 valence electrons. The van der Waals surface area contributed by atoms with E-state index in [0.717, 1.165) is 12.1 Å². The summed E-state index contributed by atoms with van der Waals surface area (Å²) in [6.45, 7) is 3.68. The summed E-state index contributed by atoms with van der Waals surface area (Å²) in [5.74, 6) is 0.582. The van der Waals surface area contributed by atoms with E-state index in [9.17, 15) is 9.18 Å². The van der Waals surface area contributed by atoms with Crippen LogP contribution in [0, 0.1) is 12.7 Å². The van der Waals surface area contributed by atoms with Crippen LogP contribution in [0.2, 0.25) is 0 Å². The summed E-state index contributed by atoms with van der Waals surface area (Å²) in [6, 6.07) is 6.50. The van der Waals surface area contributed by atoms with E-state index in [1.54, 1.807) is 24.0 Å². The first-order valence-corrected chi connectivity index (χ1v) is 7.55. The molecule has 1 unspecified atom stereocenters. The third-order valence-corrected chi connectivity index (χ3v) is 4.13. The Morgan fingerprint density at radius 3 is 2.74 bits per heavy atom. The van der Waals surface area contributed by atoms with Crippen molar-refractivity contribution in [2.75, 3.05) is 26.7 Å². The molecule has 1 atom stereocenters. The van der Waals surface area contributed by atoms with Crippen LogP contribution in [0.4, 0.5) is 4.39 Å². The average molecular weight is 318 g/mol. The molecule has 1 amide bonds. The molecule has 0 aliphatic carbocycles. The first kappa shape index (κ1) is 15.6. The Balaban J connectivity index is 1.69. The van der Waals surface area contributed by atoms with E-state index in [4.69, 9.17) is 4.52 Å². The van der Waals surface area contributed by atoms with Crippen molar-refractivity contribution in [2.24, 2.45) is 0 Å². The van der Waals surface area contributed by atoms with Crippen molar-refractivity contribution in [1.29, 1.82) is 0 Å². The fourth-order valence-corrected chi connectivity index (χ4v) is 2.81. The molecular weight excluding hydrogens is 299 g/mol. The van der Waals surface area contributed by atoms with Crippen LogP contribution < -0.4 is 0 Å². The number of likely N-dealkylation sites (N-methyl/N-ethyl adjacent to an activating group) is 1. The normalized spacial score (nSPS) is 19.1. The highest BCUT2D eigenvalue weighted by atomic mass is 19.1. The molecule has 0 bridgehead atoms. The number of carbonyl (C=O) groups excluding carboxylic acids is 1. The molecule has 0 saturated carbocycles. The third kappa shape index (κ3) is 3.56. The van der Waals surface area contributed by atoms with Gasteiger partial charge in [-0.25, -0.2) is 4.39 Å². The highest BCUT2D eigenvalue weighted by Crippen LogP contribution is 2.24. The van der Waals surface area contributed by atoms with Crippen LogP contribution in [0.5, 0.6) is 0 Å². The second kappa shape index (κ2) is 6.45. The molecule has 1 fully saturated rings. The molecule has 1 saturated heterocycles. The lowest BCUT2D eigenvalue weighted by molar-refractivity contribution is -0.133. The standard InChI is InChI=1S/C16H19FN4O2/c1-11-18-15(19-23-11)9-16(22)21-8-7-20(2)14(10-21)12-3-5-13(17)6-4-12/h3-6,14H,7-10H2,1-2H3. The summed E-state index contributed by atoms with van der Waals surface area (Å²) in [6.07, 6.45) is 0.136. The molecule has 0 N–H and O–H groups in total. The van der Waals surface area contributed by atoms with Gasteiger partial charge in [-0.15, -0.1) is 0 Å². The fraction of sp³-hybridized carbons (Fsp3) is 0.438. The number of rotatable bonds is 3. The molecule has 1 aliphatic rings. The van der Waals surface area contributed by atoms with Gasteiger partial charge in [-0.05, 0) is 24.7 Å². The molecule has 6 nitrogen and oxygen atoms in total. The zero-order chi connectivity index (χ0) is 16.4. The summed E-state index contributed by atoms with van der Waals surface area (Å²) in [7, 11) is 2.01. The third-order valence-electron chi connectivity index (χ3n) is 4.13. The van der Waals surface area contributed by atoms with E-state index in [-0.39, 0.29) is 24.2 Å². The van der Waals surface area contributed by atoms with Crippen molar-refractivity contribution < 1.29 is 13.7 Å². The SMILES string of the molecule is Cc1nc(CC(=O)N2CCN(C)C(c3ccc(F)cc3)C2)no1. The monoisotopic (exact) mass is 318 g/mol. The molecule has 2 heterocycles. The number of nitrogens with zero attached hydrogens (tertiary/aromatic N) is 4.